The zero-order chi connectivity index (χ0) is 14.4. The van der Waals surface area contributed by atoms with Crippen molar-refractivity contribution < 1.29 is 14.3 Å². The van der Waals surface area contributed by atoms with E-state index < -0.39 is 0 Å². The zero-order valence-electron chi connectivity index (χ0n) is 11.7. The molecule has 0 radical (unpaired) electrons. The lowest BCUT2D eigenvalue weighted by Crippen LogP contribution is -2.18. The number of aromatic nitrogens is 4. The van der Waals surface area contributed by atoms with E-state index in [4.69, 9.17) is 9.47 Å². The number of nitrogens with zero attached hydrogens (tertiary/aromatic N) is 4. The summed E-state index contributed by atoms with van der Waals surface area (Å²) in [5.41, 5.74) is 0.938. The van der Waals surface area contributed by atoms with E-state index in [1.807, 2.05) is 13.8 Å². The molecule has 0 amide bonds. The molecule has 20 heavy (non-hydrogen) atoms. The Morgan fingerprint density at radius 3 is 1.85 bits per heavy atom. The number of ether oxygens (including phenoxy) is 2. The van der Waals surface area contributed by atoms with E-state index in [-0.39, 0.29) is 19.2 Å². The molecule has 0 bridgehead atoms. The lowest BCUT2D eigenvalue weighted by Gasteiger charge is -2.08. The molecule has 0 saturated carbocycles. The molecule has 108 valence electrons. The summed E-state index contributed by atoms with van der Waals surface area (Å²) in [5.74, 6) is -0.153. The van der Waals surface area contributed by atoms with Crippen LogP contribution >= 0.6 is 0 Å². The van der Waals surface area contributed by atoms with E-state index in [1.165, 1.54) is 9.36 Å². The molecule has 2 aromatic rings. The van der Waals surface area contributed by atoms with E-state index in [2.05, 4.69) is 10.2 Å². The van der Waals surface area contributed by atoms with Crippen LogP contribution in [0, 0.1) is 0 Å². The van der Waals surface area contributed by atoms with Gasteiger partial charge in [0.25, 0.3) is 0 Å². The maximum atomic E-state index is 12.5. The third-order valence-corrected chi connectivity index (χ3v) is 2.73. The Labute approximate surface area is 117 Å². The number of hydrogen-bond donors (Lipinski definition) is 0. The quantitative estimate of drug-likeness (QED) is 0.681. The van der Waals surface area contributed by atoms with E-state index in [9.17, 15) is 4.79 Å². The van der Waals surface area contributed by atoms with Gasteiger partial charge in [-0.05, 0) is 26.0 Å². The van der Waals surface area contributed by atoms with Gasteiger partial charge in [-0.25, -0.2) is 9.36 Å². The minimum atomic E-state index is -0.153. The Morgan fingerprint density at radius 1 is 1.00 bits per heavy atom. The molecule has 2 rings (SSSR count). The van der Waals surface area contributed by atoms with Crippen molar-refractivity contribution in [1.29, 1.82) is 0 Å². The van der Waals surface area contributed by atoms with Gasteiger partial charge in [0.15, 0.2) is 0 Å². The molecular formula is C13H18N4O3. The molecule has 0 saturated heterocycles. The summed E-state index contributed by atoms with van der Waals surface area (Å²) in [7, 11) is 0. The topological polar surface area (TPSA) is 71.2 Å². The number of ketones is 1. The Bertz CT molecular complexity index is 513. The first-order valence-corrected chi connectivity index (χ1v) is 6.51. The molecule has 0 unspecified atom stereocenters. The fraction of sp³-hybridized carbons (Fsp3) is 0.462. The van der Waals surface area contributed by atoms with Crippen LogP contribution in [0.5, 0.6) is 0 Å². The summed E-state index contributed by atoms with van der Waals surface area (Å²) in [6.45, 7) is 5.42. The highest BCUT2D eigenvalue weighted by molar-refractivity contribution is 6.06. The largest absolute Gasteiger partial charge is 0.360 e. The summed E-state index contributed by atoms with van der Waals surface area (Å²) in [6, 6.07) is 3.33. The maximum Gasteiger partial charge on any atom is 0.229 e. The van der Waals surface area contributed by atoms with Gasteiger partial charge in [-0.15, -0.1) is 0 Å². The highest BCUT2D eigenvalue weighted by Crippen LogP contribution is 2.10. The second-order valence-corrected chi connectivity index (χ2v) is 4.00. The minimum absolute atomic E-state index is 0.153. The molecular weight excluding hydrogens is 260 g/mol. The van der Waals surface area contributed by atoms with Crippen LogP contribution in [0.2, 0.25) is 0 Å². The summed E-state index contributed by atoms with van der Waals surface area (Å²) >= 11 is 0. The third-order valence-electron chi connectivity index (χ3n) is 2.73. The molecule has 2 aromatic heterocycles. The highest BCUT2D eigenvalue weighted by Gasteiger charge is 2.18. The van der Waals surface area contributed by atoms with Crippen molar-refractivity contribution in [2.75, 3.05) is 13.2 Å². The fourth-order valence-electron chi connectivity index (χ4n) is 1.74. The van der Waals surface area contributed by atoms with Crippen molar-refractivity contribution in [1.82, 2.24) is 19.6 Å². The second kappa shape index (κ2) is 6.97. The number of carbonyl (C=O) groups is 1. The van der Waals surface area contributed by atoms with Gasteiger partial charge in [-0.3, -0.25) is 4.79 Å². The molecule has 0 aromatic carbocycles. The normalized spacial score (nSPS) is 10.9. The van der Waals surface area contributed by atoms with Crippen molar-refractivity contribution >= 4 is 5.78 Å². The Kier molecular flexibility index (Phi) is 5.03. The van der Waals surface area contributed by atoms with Crippen molar-refractivity contribution in [3.63, 3.8) is 0 Å². The molecule has 0 aliphatic heterocycles. The molecule has 0 spiro atoms. The van der Waals surface area contributed by atoms with E-state index in [0.29, 0.717) is 24.6 Å². The predicted octanol–water partition coefficient (Wildman–Crippen LogP) is 1.30. The first kappa shape index (κ1) is 14.4. The standard InChI is InChI=1S/C13H18N4O3/c1-3-19-9-16-11(5-7-14-16)13(18)12-6-8-15-17(12)10-20-4-2/h5-8H,3-4,9-10H2,1-2H3. The van der Waals surface area contributed by atoms with Gasteiger partial charge in [0.1, 0.15) is 24.8 Å². The highest BCUT2D eigenvalue weighted by atomic mass is 16.5. The predicted molar refractivity (Wildman–Crippen MR) is 71.1 cm³/mol. The Hall–Kier alpha value is -1.99. The molecule has 0 aliphatic carbocycles. The molecule has 2 heterocycles. The minimum Gasteiger partial charge on any atom is -0.360 e. The number of rotatable bonds is 8. The first-order valence-electron chi connectivity index (χ1n) is 6.51. The van der Waals surface area contributed by atoms with Gasteiger partial charge >= 0.3 is 0 Å². The Morgan fingerprint density at radius 2 is 1.45 bits per heavy atom. The van der Waals surface area contributed by atoms with Gasteiger partial charge in [-0.2, -0.15) is 10.2 Å². The van der Waals surface area contributed by atoms with Crippen molar-refractivity contribution in [2.45, 2.75) is 27.3 Å². The van der Waals surface area contributed by atoms with Crippen LogP contribution in [0.15, 0.2) is 24.5 Å². The third kappa shape index (κ3) is 3.12. The van der Waals surface area contributed by atoms with Crippen molar-refractivity contribution in [2.24, 2.45) is 0 Å². The van der Waals surface area contributed by atoms with Crippen LogP contribution in [0.1, 0.15) is 30.0 Å². The number of hydrogen-bond acceptors (Lipinski definition) is 5. The van der Waals surface area contributed by atoms with Crippen molar-refractivity contribution in [3.05, 3.63) is 35.9 Å². The SMILES string of the molecule is CCOCn1nccc1C(=O)c1ccnn1COCC. The maximum absolute atomic E-state index is 12.5. The van der Waals surface area contributed by atoms with Gasteiger partial charge in [0, 0.05) is 25.6 Å². The zero-order valence-corrected chi connectivity index (χ0v) is 11.7. The van der Waals surface area contributed by atoms with Crippen LogP contribution in [0.4, 0.5) is 0 Å². The van der Waals surface area contributed by atoms with Gasteiger partial charge < -0.3 is 9.47 Å². The van der Waals surface area contributed by atoms with Gasteiger partial charge in [-0.1, -0.05) is 0 Å². The smallest absolute Gasteiger partial charge is 0.229 e. The lowest BCUT2D eigenvalue weighted by atomic mass is 10.2. The van der Waals surface area contributed by atoms with Gasteiger partial charge in [0.2, 0.25) is 5.78 Å². The van der Waals surface area contributed by atoms with Crippen molar-refractivity contribution in [3.8, 4) is 0 Å². The number of carbonyl (C=O) groups excluding carboxylic acids is 1. The molecule has 0 N–H and O–H groups in total. The van der Waals surface area contributed by atoms with E-state index in [1.54, 1.807) is 24.5 Å². The molecule has 0 aliphatic rings. The fourth-order valence-corrected chi connectivity index (χ4v) is 1.74. The van der Waals surface area contributed by atoms with Crippen LogP contribution < -0.4 is 0 Å². The van der Waals surface area contributed by atoms with Gasteiger partial charge in [0.05, 0.1) is 0 Å². The van der Waals surface area contributed by atoms with E-state index >= 15 is 0 Å². The monoisotopic (exact) mass is 278 g/mol. The second-order valence-electron chi connectivity index (χ2n) is 4.00. The van der Waals surface area contributed by atoms with Crippen LogP contribution in [0.3, 0.4) is 0 Å². The molecule has 0 atom stereocenters. The summed E-state index contributed by atoms with van der Waals surface area (Å²) < 4.78 is 13.6. The van der Waals surface area contributed by atoms with Crippen LogP contribution in [0.25, 0.3) is 0 Å². The average Bonchev–Trinajstić information content (AvgIpc) is 3.10. The van der Waals surface area contributed by atoms with Crippen LogP contribution in [-0.2, 0) is 22.9 Å². The molecule has 0 fully saturated rings. The van der Waals surface area contributed by atoms with Crippen LogP contribution in [-0.4, -0.2) is 38.6 Å². The average molecular weight is 278 g/mol. The summed E-state index contributed by atoms with van der Waals surface area (Å²) in [6.07, 6.45) is 3.16. The lowest BCUT2D eigenvalue weighted by molar-refractivity contribution is 0.0701. The Balaban J connectivity index is 2.19. The summed E-state index contributed by atoms with van der Waals surface area (Å²) in [4.78, 5) is 12.5. The molecule has 7 heteroatoms. The molecule has 7 nitrogen and oxygen atoms in total. The summed E-state index contributed by atoms with van der Waals surface area (Å²) in [5, 5.41) is 8.17. The first-order chi connectivity index (χ1) is 9.77. The van der Waals surface area contributed by atoms with E-state index in [0.717, 1.165) is 0 Å².